The number of aromatic amines is 1. The molecule has 0 saturated carbocycles. The summed E-state index contributed by atoms with van der Waals surface area (Å²) in [7, 11) is -0.895. The van der Waals surface area contributed by atoms with Crippen molar-refractivity contribution in [2.45, 2.75) is 0 Å². The topological polar surface area (TPSA) is 62.3 Å². The van der Waals surface area contributed by atoms with Crippen LogP contribution in [0.1, 0.15) is 0 Å². The largest absolute Gasteiger partial charge is 0.278 e. The van der Waals surface area contributed by atoms with Gasteiger partial charge in [0.2, 0.25) is 0 Å². The van der Waals surface area contributed by atoms with E-state index in [1.54, 1.807) is 5.38 Å². The van der Waals surface area contributed by atoms with Gasteiger partial charge in [-0.3, -0.25) is 14.2 Å². The molecule has 1 aromatic rings. The molecule has 1 N–H and O–H groups in total. The highest BCUT2D eigenvalue weighted by molar-refractivity contribution is 8.01. The summed E-state index contributed by atoms with van der Waals surface area (Å²) in [5, 5.41) is 3.24. The van der Waals surface area contributed by atoms with Crippen molar-refractivity contribution in [2.75, 3.05) is 0 Å². The molecule has 12 heavy (non-hydrogen) atoms. The molecule has 64 valence electrons. The Labute approximate surface area is 75.3 Å². The third-order valence-corrected chi connectivity index (χ3v) is 2.20. The van der Waals surface area contributed by atoms with Crippen LogP contribution < -0.4 is 5.56 Å². The van der Waals surface area contributed by atoms with Crippen LogP contribution >= 0.6 is 11.5 Å². The van der Waals surface area contributed by atoms with Crippen molar-refractivity contribution in [1.82, 2.24) is 4.37 Å². The van der Waals surface area contributed by atoms with Crippen LogP contribution in [0.3, 0.4) is 0 Å². The van der Waals surface area contributed by atoms with E-state index in [1.165, 1.54) is 34.8 Å². The summed E-state index contributed by atoms with van der Waals surface area (Å²) in [6, 6.07) is 1.49. The maximum absolute atomic E-state index is 10.1. The summed E-state index contributed by atoms with van der Waals surface area (Å²) in [5.74, 6) is 0. The van der Waals surface area contributed by atoms with Crippen molar-refractivity contribution in [3.63, 3.8) is 0 Å². The van der Waals surface area contributed by atoms with Crippen LogP contribution in [-0.2, 0) is 10.8 Å². The number of aliphatic imine (C=N–C) groups is 1. The Kier molecular flexibility index (Phi) is 3.62. The van der Waals surface area contributed by atoms with Crippen LogP contribution in [0.25, 0.3) is 0 Å². The Bertz CT molecular complexity index is 333. The van der Waals surface area contributed by atoms with Crippen LogP contribution in [0.2, 0.25) is 0 Å². The Morgan fingerprint density at radius 3 is 2.58 bits per heavy atom. The summed E-state index contributed by atoms with van der Waals surface area (Å²) in [5.41, 5.74) is 1.38. The van der Waals surface area contributed by atoms with Crippen molar-refractivity contribution < 1.29 is 4.21 Å². The van der Waals surface area contributed by atoms with Crippen LogP contribution in [0, 0.1) is 0 Å². The summed E-state index contributed by atoms with van der Waals surface area (Å²) >= 11 is 1.30. The third kappa shape index (κ3) is 3.40. The van der Waals surface area contributed by atoms with Gasteiger partial charge in [-0.2, -0.15) is 0 Å². The monoisotopic (exact) mass is 202 g/mol. The molecule has 1 aliphatic heterocycles. The molecule has 1 atom stereocenters. The molecular weight excluding hydrogens is 196 g/mol. The van der Waals surface area contributed by atoms with Gasteiger partial charge < -0.3 is 0 Å². The van der Waals surface area contributed by atoms with Gasteiger partial charge in [0.05, 0.1) is 16.3 Å². The van der Waals surface area contributed by atoms with Crippen molar-refractivity contribution in [3.05, 3.63) is 33.4 Å². The van der Waals surface area contributed by atoms with Crippen molar-refractivity contribution in [1.29, 1.82) is 0 Å². The first-order valence-corrected chi connectivity index (χ1v) is 5.16. The average molecular weight is 202 g/mol. The lowest BCUT2D eigenvalue weighted by Gasteiger charge is -1.62. The molecule has 0 radical (unpaired) electrons. The van der Waals surface area contributed by atoms with E-state index in [2.05, 4.69) is 9.37 Å². The predicted octanol–water partition coefficient (Wildman–Crippen LogP) is 0.685. The molecule has 0 bridgehead atoms. The van der Waals surface area contributed by atoms with Crippen LogP contribution in [-0.4, -0.2) is 14.1 Å². The zero-order chi connectivity index (χ0) is 8.81. The first-order chi connectivity index (χ1) is 5.79. The fourth-order valence-corrected chi connectivity index (χ4v) is 1.34. The normalized spacial score (nSPS) is 18.8. The molecular formula is C6H6N2O2S2. The maximum atomic E-state index is 10.1. The summed E-state index contributed by atoms with van der Waals surface area (Å²) in [6.45, 7) is 0. The van der Waals surface area contributed by atoms with Gasteiger partial charge in [-0.05, 0) is 0 Å². The molecule has 0 aromatic carbocycles. The van der Waals surface area contributed by atoms with Crippen molar-refractivity contribution in [2.24, 2.45) is 4.99 Å². The van der Waals surface area contributed by atoms with E-state index in [4.69, 9.17) is 0 Å². The smallest absolute Gasteiger partial charge is 0.257 e. The number of H-pyrrole nitrogens is 1. The molecule has 4 nitrogen and oxygen atoms in total. The number of aromatic nitrogens is 1. The van der Waals surface area contributed by atoms with Crippen LogP contribution in [0.5, 0.6) is 0 Å². The van der Waals surface area contributed by atoms with E-state index in [0.29, 0.717) is 0 Å². The Morgan fingerprint density at radius 1 is 1.58 bits per heavy atom. The van der Waals surface area contributed by atoms with Crippen LogP contribution in [0.15, 0.2) is 32.8 Å². The average Bonchev–Trinajstić information content (AvgIpc) is 2.63. The lowest BCUT2D eigenvalue weighted by Crippen LogP contribution is -1.90. The number of nitrogens with one attached hydrogen (secondary N) is 1. The molecule has 2 rings (SSSR count). The number of hydrogen-bond donors (Lipinski definition) is 1. The van der Waals surface area contributed by atoms with E-state index in [-0.39, 0.29) is 5.56 Å². The first kappa shape index (κ1) is 9.08. The molecule has 0 amide bonds. The first-order valence-electron chi connectivity index (χ1n) is 3.00. The maximum Gasteiger partial charge on any atom is 0.257 e. The zero-order valence-corrected chi connectivity index (χ0v) is 7.60. The minimum absolute atomic E-state index is 0.0139. The SMILES string of the molecule is O=S1C=CN=C1.O=c1ccs[nH]1. The van der Waals surface area contributed by atoms with Gasteiger partial charge in [-0.1, -0.05) is 11.5 Å². The third-order valence-electron chi connectivity index (χ3n) is 0.893. The van der Waals surface area contributed by atoms with Gasteiger partial charge in [0.15, 0.2) is 0 Å². The highest BCUT2D eigenvalue weighted by atomic mass is 32.2. The Balaban J connectivity index is 0.000000120. The second-order valence-electron chi connectivity index (χ2n) is 1.76. The molecule has 2 heterocycles. The molecule has 0 saturated heterocycles. The molecule has 0 aliphatic carbocycles. The molecule has 0 fully saturated rings. The second-order valence-corrected chi connectivity index (χ2v) is 3.61. The lowest BCUT2D eigenvalue weighted by molar-refractivity contribution is 0.695. The summed E-state index contributed by atoms with van der Waals surface area (Å²) in [6.07, 6.45) is 1.52. The molecule has 1 unspecified atom stereocenters. The number of nitrogens with zero attached hydrogens (tertiary/aromatic N) is 1. The highest BCUT2D eigenvalue weighted by Gasteiger charge is 1.87. The van der Waals surface area contributed by atoms with Gasteiger partial charge in [-0.15, -0.1) is 0 Å². The van der Waals surface area contributed by atoms with E-state index < -0.39 is 10.8 Å². The standard InChI is InChI=1S/2C3H3NOS/c5-6-2-1-4-3-6;5-3-1-2-6-4-3/h1-3H;1-2H,(H,4,5). The molecule has 1 aliphatic rings. The fourth-order valence-electron chi connectivity index (χ4n) is 0.447. The van der Waals surface area contributed by atoms with Gasteiger partial charge in [0.25, 0.3) is 5.56 Å². The van der Waals surface area contributed by atoms with Gasteiger partial charge >= 0.3 is 0 Å². The van der Waals surface area contributed by atoms with E-state index in [9.17, 15) is 9.00 Å². The van der Waals surface area contributed by atoms with E-state index in [1.807, 2.05) is 0 Å². The fraction of sp³-hybridized carbons (Fsp3) is 0. The van der Waals surface area contributed by atoms with Gasteiger partial charge in [0.1, 0.15) is 0 Å². The van der Waals surface area contributed by atoms with Crippen molar-refractivity contribution in [3.8, 4) is 0 Å². The minimum Gasteiger partial charge on any atom is -0.278 e. The van der Waals surface area contributed by atoms with Gasteiger partial charge in [-0.25, -0.2) is 4.21 Å². The molecule has 1 aromatic heterocycles. The van der Waals surface area contributed by atoms with E-state index >= 15 is 0 Å². The van der Waals surface area contributed by atoms with Crippen LogP contribution in [0.4, 0.5) is 0 Å². The second kappa shape index (κ2) is 4.78. The van der Waals surface area contributed by atoms with E-state index in [0.717, 1.165) is 0 Å². The molecule has 0 spiro atoms. The Hall–Kier alpha value is -1.01. The Morgan fingerprint density at radius 2 is 2.42 bits per heavy atom. The highest BCUT2D eigenvalue weighted by Crippen LogP contribution is 1.88. The lowest BCUT2D eigenvalue weighted by atomic mass is 10.8. The zero-order valence-electron chi connectivity index (χ0n) is 5.97. The summed E-state index contributed by atoms with van der Waals surface area (Å²) in [4.78, 5) is 13.6. The van der Waals surface area contributed by atoms with Gasteiger partial charge in [0, 0.05) is 23.1 Å². The molecule has 6 heteroatoms. The summed E-state index contributed by atoms with van der Waals surface area (Å²) < 4.78 is 12.6. The quantitative estimate of drug-likeness (QED) is 0.672. The van der Waals surface area contributed by atoms with Crippen molar-refractivity contribution >= 4 is 27.9 Å². The minimum atomic E-state index is -0.895. The number of rotatable bonds is 0. The predicted molar refractivity (Wildman–Crippen MR) is 50.7 cm³/mol. The number of hydrogen-bond acceptors (Lipinski definition) is 4.